The molecule has 0 heterocycles. The van der Waals surface area contributed by atoms with Crippen LogP contribution in [0.2, 0.25) is 0 Å². The molecule has 0 radical (unpaired) electrons. The van der Waals surface area contributed by atoms with Gasteiger partial charge < -0.3 is 21.1 Å². The molecule has 1 aromatic carbocycles. The fourth-order valence-electron chi connectivity index (χ4n) is 1.45. The molecule has 116 valence electrons. The number of amides is 2. The molecule has 0 saturated heterocycles. The van der Waals surface area contributed by atoms with Crippen LogP contribution in [0.4, 0.5) is 16.2 Å². The highest BCUT2D eigenvalue weighted by Crippen LogP contribution is 2.25. The van der Waals surface area contributed by atoms with Crippen LogP contribution in [0.15, 0.2) is 23.1 Å². The van der Waals surface area contributed by atoms with Crippen LogP contribution >= 0.6 is 12.6 Å². The molecular weight excluding hydrogens is 290 g/mol. The molecule has 1 aromatic rings. The number of anilines is 2. The Labute approximate surface area is 129 Å². The fraction of sp³-hybridized carbons (Fsp3) is 0.429. The van der Waals surface area contributed by atoms with Crippen LogP contribution in [-0.2, 0) is 9.53 Å². The van der Waals surface area contributed by atoms with Gasteiger partial charge in [-0.1, -0.05) is 6.07 Å². The van der Waals surface area contributed by atoms with E-state index in [2.05, 4.69) is 23.3 Å². The normalized spacial score (nSPS) is 12.4. The number of carbonyl (C=O) groups is 2. The minimum Gasteiger partial charge on any atom is -0.444 e. The van der Waals surface area contributed by atoms with Crippen molar-refractivity contribution in [3.63, 3.8) is 0 Å². The minimum atomic E-state index is -0.761. The first-order valence-corrected chi connectivity index (χ1v) is 6.92. The molecule has 1 rings (SSSR count). The second kappa shape index (κ2) is 6.71. The first kappa shape index (κ1) is 17.2. The SMILES string of the molecule is C[C@H](NC(=O)OC(C)(C)C)C(=O)Nc1cccc(S)c1N. The Morgan fingerprint density at radius 2 is 1.95 bits per heavy atom. The summed E-state index contributed by atoms with van der Waals surface area (Å²) in [7, 11) is 0. The van der Waals surface area contributed by atoms with Gasteiger partial charge in [-0.05, 0) is 39.8 Å². The molecule has 0 aliphatic carbocycles. The smallest absolute Gasteiger partial charge is 0.408 e. The summed E-state index contributed by atoms with van der Waals surface area (Å²) in [6, 6.07) is 4.34. The molecule has 0 spiro atoms. The summed E-state index contributed by atoms with van der Waals surface area (Å²) in [5.74, 6) is -0.397. The van der Waals surface area contributed by atoms with Crippen molar-refractivity contribution in [3.8, 4) is 0 Å². The van der Waals surface area contributed by atoms with Crippen LogP contribution in [0.1, 0.15) is 27.7 Å². The zero-order valence-corrected chi connectivity index (χ0v) is 13.5. The zero-order valence-electron chi connectivity index (χ0n) is 12.6. The molecule has 4 N–H and O–H groups in total. The number of nitrogens with two attached hydrogens (primary N) is 1. The van der Waals surface area contributed by atoms with Crippen molar-refractivity contribution >= 4 is 36.0 Å². The van der Waals surface area contributed by atoms with Gasteiger partial charge in [-0.25, -0.2) is 4.79 Å². The van der Waals surface area contributed by atoms with E-state index in [1.807, 2.05) is 0 Å². The molecule has 0 aliphatic rings. The van der Waals surface area contributed by atoms with Crippen molar-refractivity contribution in [1.82, 2.24) is 5.32 Å². The molecule has 0 fully saturated rings. The Balaban J connectivity index is 2.63. The third-order valence-corrected chi connectivity index (χ3v) is 2.86. The van der Waals surface area contributed by atoms with Gasteiger partial charge in [0.2, 0.25) is 5.91 Å². The summed E-state index contributed by atoms with van der Waals surface area (Å²) in [6.07, 6.45) is -0.652. The number of rotatable bonds is 3. The number of benzene rings is 1. The molecular formula is C14H21N3O3S. The second-order valence-electron chi connectivity index (χ2n) is 5.60. The van der Waals surface area contributed by atoms with Crippen LogP contribution in [0.25, 0.3) is 0 Å². The lowest BCUT2D eigenvalue weighted by Gasteiger charge is -2.21. The number of hydrogen-bond acceptors (Lipinski definition) is 5. The number of ether oxygens (including phenoxy) is 1. The van der Waals surface area contributed by atoms with Crippen LogP contribution in [0, 0.1) is 0 Å². The summed E-state index contributed by atoms with van der Waals surface area (Å²) in [5.41, 5.74) is 6.02. The third-order valence-electron chi connectivity index (χ3n) is 2.47. The standard InChI is InChI=1S/C14H21N3O3S/c1-8(16-13(19)20-14(2,3)4)12(18)17-9-6-5-7-10(21)11(9)15/h5-8,21H,15H2,1-4H3,(H,16,19)(H,17,18)/t8-/m0/s1. The lowest BCUT2D eigenvalue weighted by molar-refractivity contribution is -0.117. The van der Waals surface area contributed by atoms with Gasteiger partial charge in [0.15, 0.2) is 0 Å². The highest BCUT2D eigenvalue weighted by Gasteiger charge is 2.21. The zero-order chi connectivity index (χ0) is 16.2. The Hall–Kier alpha value is -1.89. The minimum absolute atomic E-state index is 0.374. The van der Waals surface area contributed by atoms with Crippen molar-refractivity contribution in [3.05, 3.63) is 18.2 Å². The van der Waals surface area contributed by atoms with E-state index in [1.54, 1.807) is 45.9 Å². The van der Waals surface area contributed by atoms with Crippen molar-refractivity contribution < 1.29 is 14.3 Å². The molecule has 0 unspecified atom stereocenters. The summed E-state index contributed by atoms with van der Waals surface area (Å²) in [5, 5.41) is 5.09. The Bertz CT molecular complexity index is 541. The molecule has 0 saturated carbocycles. The van der Waals surface area contributed by atoms with Gasteiger partial charge in [0.1, 0.15) is 11.6 Å². The number of alkyl carbamates (subject to hydrolysis) is 1. The molecule has 1 atom stereocenters. The van der Waals surface area contributed by atoms with Gasteiger partial charge in [-0.15, -0.1) is 12.6 Å². The highest BCUT2D eigenvalue weighted by atomic mass is 32.1. The number of nitrogens with one attached hydrogen (secondary N) is 2. The lowest BCUT2D eigenvalue weighted by Crippen LogP contribution is -2.44. The van der Waals surface area contributed by atoms with E-state index < -0.39 is 23.6 Å². The fourth-order valence-corrected chi connectivity index (χ4v) is 1.66. The predicted octanol–water partition coefficient (Wildman–Crippen LogP) is 2.41. The highest BCUT2D eigenvalue weighted by molar-refractivity contribution is 7.80. The van der Waals surface area contributed by atoms with Gasteiger partial charge in [0, 0.05) is 4.90 Å². The molecule has 6 nitrogen and oxygen atoms in total. The number of para-hydroxylation sites is 1. The second-order valence-corrected chi connectivity index (χ2v) is 6.08. The molecule has 0 aromatic heterocycles. The average Bonchev–Trinajstić information content (AvgIpc) is 2.32. The Morgan fingerprint density at radius 1 is 1.33 bits per heavy atom. The van der Waals surface area contributed by atoms with Crippen LogP contribution in [0.5, 0.6) is 0 Å². The van der Waals surface area contributed by atoms with Crippen molar-refractivity contribution in [2.24, 2.45) is 0 Å². The molecule has 21 heavy (non-hydrogen) atoms. The van der Waals surface area contributed by atoms with E-state index in [-0.39, 0.29) is 0 Å². The largest absolute Gasteiger partial charge is 0.444 e. The van der Waals surface area contributed by atoms with E-state index in [9.17, 15) is 9.59 Å². The van der Waals surface area contributed by atoms with E-state index in [0.29, 0.717) is 16.3 Å². The molecule has 0 bridgehead atoms. The van der Waals surface area contributed by atoms with Crippen molar-refractivity contribution in [2.75, 3.05) is 11.1 Å². The monoisotopic (exact) mass is 311 g/mol. The average molecular weight is 311 g/mol. The number of thiol groups is 1. The molecule has 7 heteroatoms. The summed E-state index contributed by atoms with van der Waals surface area (Å²) >= 11 is 4.18. The Morgan fingerprint density at radius 3 is 2.52 bits per heavy atom. The van der Waals surface area contributed by atoms with E-state index in [4.69, 9.17) is 10.5 Å². The van der Waals surface area contributed by atoms with Crippen molar-refractivity contribution in [2.45, 2.75) is 44.2 Å². The predicted molar refractivity (Wildman–Crippen MR) is 85.6 cm³/mol. The van der Waals surface area contributed by atoms with E-state index >= 15 is 0 Å². The van der Waals surface area contributed by atoms with Gasteiger partial charge in [0.05, 0.1) is 11.4 Å². The van der Waals surface area contributed by atoms with Crippen LogP contribution in [-0.4, -0.2) is 23.6 Å². The summed E-state index contributed by atoms with van der Waals surface area (Å²) < 4.78 is 5.08. The van der Waals surface area contributed by atoms with Gasteiger partial charge in [0.25, 0.3) is 0 Å². The summed E-state index contributed by atoms with van der Waals surface area (Å²) in [4.78, 5) is 24.2. The van der Waals surface area contributed by atoms with Crippen molar-refractivity contribution in [1.29, 1.82) is 0 Å². The lowest BCUT2D eigenvalue weighted by atomic mass is 10.2. The molecule has 2 amide bonds. The van der Waals surface area contributed by atoms with Gasteiger partial charge in [-0.2, -0.15) is 0 Å². The quantitative estimate of drug-likeness (QED) is 0.509. The maximum absolute atomic E-state index is 12.0. The topological polar surface area (TPSA) is 93.4 Å². The van der Waals surface area contributed by atoms with Gasteiger partial charge >= 0.3 is 6.09 Å². The Kier molecular flexibility index (Phi) is 5.48. The van der Waals surface area contributed by atoms with Crippen LogP contribution in [0.3, 0.4) is 0 Å². The van der Waals surface area contributed by atoms with Gasteiger partial charge in [-0.3, -0.25) is 4.79 Å². The van der Waals surface area contributed by atoms with E-state index in [1.165, 1.54) is 0 Å². The maximum Gasteiger partial charge on any atom is 0.408 e. The number of hydrogen-bond donors (Lipinski definition) is 4. The number of carbonyl (C=O) groups excluding carboxylic acids is 2. The van der Waals surface area contributed by atoms with E-state index in [0.717, 1.165) is 0 Å². The third kappa shape index (κ3) is 5.55. The first-order valence-electron chi connectivity index (χ1n) is 6.48. The number of nitrogen functional groups attached to an aromatic ring is 1. The van der Waals surface area contributed by atoms with Crippen LogP contribution < -0.4 is 16.4 Å². The summed E-state index contributed by atoms with van der Waals surface area (Å²) in [6.45, 7) is 6.79. The maximum atomic E-state index is 12.0. The molecule has 0 aliphatic heterocycles. The first-order chi connectivity index (χ1) is 9.60.